The van der Waals surface area contributed by atoms with E-state index in [1.807, 2.05) is 0 Å². The van der Waals surface area contributed by atoms with Gasteiger partial charge in [-0.25, -0.2) is 0 Å². The lowest BCUT2D eigenvalue weighted by molar-refractivity contribution is -0.146. The normalized spacial score (nSPS) is 16.9. The first-order chi connectivity index (χ1) is 8.20. The fourth-order valence-electron chi connectivity index (χ4n) is 2.19. The highest BCUT2D eigenvalue weighted by Gasteiger charge is 2.25. The van der Waals surface area contributed by atoms with Crippen LogP contribution in [-0.4, -0.2) is 26.2 Å². The van der Waals surface area contributed by atoms with Crippen LogP contribution in [0.4, 0.5) is 5.69 Å². The van der Waals surface area contributed by atoms with E-state index in [0.29, 0.717) is 0 Å². The monoisotopic (exact) mass is 345 g/mol. The highest BCUT2D eigenvalue weighted by atomic mass is 127. The Morgan fingerprint density at radius 1 is 1.29 bits per heavy atom. The molecule has 0 aromatic heterocycles. The zero-order valence-corrected chi connectivity index (χ0v) is 12.0. The van der Waals surface area contributed by atoms with Gasteiger partial charge in [0, 0.05) is 22.3 Å². The third kappa shape index (κ3) is 3.12. The molecule has 1 heterocycles. The minimum atomic E-state index is -0.0627. The molecule has 92 valence electrons. The Kier molecular flexibility index (Phi) is 4.25. The second kappa shape index (κ2) is 5.71. The number of nitrogens with zero attached hydrogens (tertiary/aromatic N) is 1. The van der Waals surface area contributed by atoms with Gasteiger partial charge in [-0.3, -0.25) is 4.79 Å². The molecule has 0 spiro atoms. The average Bonchev–Trinajstić information content (AvgIpc) is 2.39. The number of hydrogen-bond acceptors (Lipinski definition) is 3. The van der Waals surface area contributed by atoms with Gasteiger partial charge in [0.2, 0.25) is 0 Å². The van der Waals surface area contributed by atoms with Crippen LogP contribution >= 0.6 is 22.6 Å². The summed E-state index contributed by atoms with van der Waals surface area (Å²) in [5.74, 6) is 0.0207. The molecule has 1 aliphatic heterocycles. The number of hydrogen-bond donors (Lipinski definition) is 0. The van der Waals surface area contributed by atoms with E-state index in [9.17, 15) is 4.79 Å². The van der Waals surface area contributed by atoms with Gasteiger partial charge >= 0.3 is 5.97 Å². The molecule has 0 unspecified atom stereocenters. The summed E-state index contributed by atoms with van der Waals surface area (Å²) in [7, 11) is 1.47. The zero-order valence-electron chi connectivity index (χ0n) is 9.86. The van der Waals surface area contributed by atoms with Crippen molar-refractivity contribution in [2.45, 2.75) is 12.8 Å². The molecule has 0 aliphatic carbocycles. The molecule has 1 fully saturated rings. The number of methoxy groups -OCH3 is 1. The first-order valence-electron chi connectivity index (χ1n) is 5.79. The van der Waals surface area contributed by atoms with E-state index in [2.05, 4.69) is 51.8 Å². The van der Waals surface area contributed by atoms with Crippen molar-refractivity contribution in [3.63, 3.8) is 0 Å². The van der Waals surface area contributed by atoms with Gasteiger partial charge in [-0.05, 0) is 59.7 Å². The van der Waals surface area contributed by atoms with Gasteiger partial charge in [0.1, 0.15) is 0 Å². The van der Waals surface area contributed by atoms with Crippen molar-refractivity contribution in [1.82, 2.24) is 0 Å². The Bertz CT molecular complexity index is 383. The van der Waals surface area contributed by atoms with Crippen LogP contribution in [0.1, 0.15) is 12.8 Å². The number of rotatable bonds is 2. The summed E-state index contributed by atoms with van der Waals surface area (Å²) in [6, 6.07) is 8.51. The topological polar surface area (TPSA) is 29.5 Å². The van der Waals surface area contributed by atoms with E-state index in [4.69, 9.17) is 4.74 Å². The molecule has 1 aromatic rings. The van der Waals surface area contributed by atoms with Crippen LogP contribution in [0.15, 0.2) is 24.3 Å². The van der Waals surface area contributed by atoms with E-state index in [1.165, 1.54) is 16.4 Å². The summed E-state index contributed by atoms with van der Waals surface area (Å²) in [5, 5.41) is 0. The Labute approximate surface area is 115 Å². The lowest BCUT2D eigenvalue weighted by atomic mass is 9.96. The molecule has 1 saturated heterocycles. The maximum atomic E-state index is 11.4. The summed E-state index contributed by atoms with van der Waals surface area (Å²) in [4.78, 5) is 13.7. The van der Waals surface area contributed by atoms with Crippen LogP contribution in [0, 0.1) is 9.49 Å². The largest absolute Gasteiger partial charge is 0.469 e. The summed E-state index contributed by atoms with van der Waals surface area (Å²) >= 11 is 2.30. The van der Waals surface area contributed by atoms with Crippen molar-refractivity contribution < 1.29 is 9.53 Å². The quantitative estimate of drug-likeness (QED) is 0.610. The molecule has 3 nitrogen and oxygen atoms in total. The Morgan fingerprint density at radius 2 is 1.88 bits per heavy atom. The summed E-state index contributed by atoms with van der Waals surface area (Å²) in [6.45, 7) is 1.86. The highest BCUT2D eigenvalue weighted by molar-refractivity contribution is 14.1. The molecule has 0 bridgehead atoms. The molecule has 4 heteroatoms. The Morgan fingerprint density at radius 3 is 2.41 bits per heavy atom. The smallest absolute Gasteiger partial charge is 0.308 e. The third-order valence-corrected chi connectivity index (χ3v) is 3.94. The molecule has 1 aliphatic rings. The number of benzene rings is 1. The molecule has 0 N–H and O–H groups in total. The van der Waals surface area contributed by atoms with Gasteiger partial charge in [0.05, 0.1) is 13.0 Å². The number of halogens is 1. The van der Waals surface area contributed by atoms with E-state index >= 15 is 0 Å². The SMILES string of the molecule is COC(=O)C1CCN(c2ccc(I)cc2)CC1. The summed E-state index contributed by atoms with van der Waals surface area (Å²) < 4.78 is 6.03. The van der Waals surface area contributed by atoms with Crippen LogP contribution < -0.4 is 4.90 Å². The minimum Gasteiger partial charge on any atom is -0.469 e. The first-order valence-corrected chi connectivity index (χ1v) is 6.87. The molecule has 0 atom stereocenters. The number of esters is 1. The summed E-state index contributed by atoms with van der Waals surface area (Å²) in [6.07, 6.45) is 1.78. The van der Waals surface area contributed by atoms with Crippen LogP contribution in [0.2, 0.25) is 0 Å². The molecule has 2 rings (SSSR count). The highest BCUT2D eigenvalue weighted by Crippen LogP contribution is 2.24. The number of carbonyl (C=O) groups is 1. The first kappa shape index (κ1) is 12.7. The predicted molar refractivity (Wildman–Crippen MR) is 76.1 cm³/mol. The second-order valence-electron chi connectivity index (χ2n) is 4.26. The maximum absolute atomic E-state index is 11.4. The molecule has 0 amide bonds. The van der Waals surface area contributed by atoms with Crippen molar-refractivity contribution in [2.24, 2.45) is 5.92 Å². The molecule has 0 saturated carbocycles. The standard InChI is InChI=1S/C13H16INO2/c1-17-13(16)10-6-8-15(9-7-10)12-4-2-11(14)3-5-12/h2-5,10H,6-9H2,1H3. The van der Waals surface area contributed by atoms with E-state index in [0.717, 1.165) is 25.9 Å². The molecule has 1 aromatic carbocycles. The third-order valence-electron chi connectivity index (χ3n) is 3.22. The van der Waals surface area contributed by atoms with Crippen molar-refractivity contribution in [1.29, 1.82) is 0 Å². The van der Waals surface area contributed by atoms with Gasteiger partial charge in [-0.15, -0.1) is 0 Å². The van der Waals surface area contributed by atoms with Crippen LogP contribution in [-0.2, 0) is 9.53 Å². The van der Waals surface area contributed by atoms with Gasteiger partial charge in [0.15, 0.2) is 0 Å². The van der Waals surface area contributed by atoms with Gasteiger partial charge < -0.3 is 9.64 Å². The molecule has 0 radical (unpaired) electrons. The van der Waals surface area contributed by atoms with Gasteiger partial charge in [0.25, 0.3) is 0 Å². The maximum Gasteiger partial charge on any atom is 0.308 e. The van der Waals surface area contributed by atoms with Crippen LogP contribution in [0.5, 0.6) is 0 Å². The lowest BCUT2D eigenvalue weighted by Crippen LogP contribution is -2.36. The van der Waals surface area contributed by atoms with Crippen LogP contribution in [0.3, 0.4) is 0 Å². The van der Waals surface area contributed by atoms with E-state index in [-0.39, 0.29) is 11.9 Å². The number of ether oxygens (including phenoxy) is 1. The zero-order chi connectivity index (χ0) is 12.3. The number of piperidine rings is 1. The van der Waals surface area contributed by atoms with Crippen LogP contribution in [0.25, 0.3) is 0 Å². The molecular formula is C13H16INO2. The van der Waals surface area contributed by atoms with Crippen molar-refractivity contribution in [2.75, 3.05) is 25.1 Å². The van der Waals surface area contributed by atoms with Crippen molar-refractivity contribution in [3.8, 4) is 0 Å². The predicted octanol–water partition coefficient (Wildman–Crippen LogP) is 2.68. The Balaban J connectivity index is 1.95. The number of anilines is 1. The fourth-order valence-corrected chi connectivity index (χ4v) is 2.55. The van der Waals surface area contributed by atoms with E-state index < -0.39 is 0 Å². The average molecular weight is 345 g/mol. The summed E-state index contributed by atoms with van der Waals surface area (Å²) in [5.41, 5.74) is 1.24. The Hall–Kier alpha value is -0.780. The number of carbonyl (C=O) groups excluding carboxylic acids is 1. The fraction of sp³-hybridized carbons (Fsp3) is 0.462. The minimum absolute atomic E-state index is 0.0627. The van der Waals surface area contributed by atoms with Gasteiger partial charge in [-0.1, -0.05) is 0 Å². The second-order valence-corrected chi connectivity index (χ2v) is 5.51. The molecule has 17 heavy (non-hydrogen) atoms. The van der Waals surface area contributed by atoms with E-state index in [1.54, 1.807) is 0 Å². The van der Waals surface area contributed by atoms with Crippen molar-refractivity contribution >= 4 is 34.2 Å². The molecular weight excluding hydrogens is 329 g/mol. The van der Waals surface area contributed by atoms with Gasteiger partial charge in [-0.2, -0.15) is 0 Å². The van der Waals surface area contributed by atoms with Crippen molar-refractivity contribution in [3.05, 3.63) is 27.8 Å². The lowest BCUT2D eigenvalue weighted by Gasteiger charge is -2.32.